The minimum absolute atomic E-state index is 0.247. The number of thioether (sulfide) groups is 1. The van der Waals surface area contributed by atoms with Crippen molar-refractivity contribution >= 4 is 46.6 Å². The number of halogens is 1. The highest BCUT2D eigenvalue weighted by Crippen LogP contribution is 2.45. The monoisotopic (exact) mass is 360 g/mol. The summed E-state index contributed by atoms with van der Waals surface area (Å²) in [6, 6.07) is 12.9. The van der Waals surface area contributed by atoms with Crippen molar-refractivity contribution in [2.24, 2.45) is 0 Å². The summed E-state index contributed by atoms with van der Waals surface area (Å²) < 4.78 is -1.24. The lowest BCUT2D eigenvalue weighted by Crippen LogP contribution is -2.53. The van der Waals surface area contributed by atoms with Gasteiger partial charge in [-0.1, -0.05) is 41.6 Å². The van der Waals surface area contributed by atoms with Gasteiger partial charge in [0.1, 0.15) is 0 Å². The van der Waals surface area contributed by atoms with E-state index < -0.39 is 4.75 Å². The van der Waals surface area contributed by atoms with Crippen molar-refractivity contribution in [2.45, 2.75) is 23.5 Å². The zero-order chi connectivity index (χ0) is 17.5. The quantitative estimate of drug-likeness (QED) is 0.820. The zero-order valence-corrected chi connectivity index (χ0v) is 15.2. The number of nitrogens with one attached hydrogen (secondary N) is 1. The molecule has 0 aromatic heterocycles. The molecule has 0 saturated heterocycles. The number of nitrogens with zero attached hydrogens (tertiary/aromatic N) is 1. The molecule has 0 aliphatic carbocycles. The van der Waals surface area contributed by atoms with E-state index in [-0.39, 0.29) is 11.8 Å². The Kier molecular flexibility index (Phi) is 4.32. The van der Waals surface area contributed by atoms with E-state index in [2.05, 4.69) is 5.32 Å². The van der Waals surface area contributed by atoms with Crippen LogP contribution >= 0.6 is 23.4 Å². The number of fused-ring (bicyclic) bond motifs is 1. The Labute approximate surface area is 150 Å². The summed E-state index contributed by atoms with van der Waals surface area (Å²) in [6.07, 6.45) is 0. The Morgan fingerprint density at radius 1 is 1.21 bits per heavy atom. The van der Waals surface area contributed by atoms with Crippen LogP contribution in [0.3, 0.4) is 0 Å². The van der Waals surface area contributed by atoms with E-state index in [4.69, 9.17) is 11.6 Å². The molecule has 3 rings (SSSR count). The van der Waals surface area contributed by atoms with Gasteiger partial charge in [0, 0.05) is 22.7 Å². The van der Waals surface area contributed by atoms with Crippen LogP contribution in [0.2, 0.25) is 5.02 Å². The molecule has 4 nitrogen and oxygen atoms in total. The Morgan fingerprint density at radius 3 is 2.67 bits per heavy atom. The maximum Gasteiger partial charge on any atom is 0.252 e. The Bertz CT molecular complexity index is 840. The molecule has 0 bridgehead atoms. The van der Waals surface area contributed by atoms with Gasteiger partial charge in [0.25, 0.3) is 5.91 Å². The predicted octanol–water partition coefficient (Wildman–Crippen LogP) is 4.11. The zero-order valence-electron chi connectivity index (χ0n) is 13.6. The molecule has 2 aromatic carbocycles. The van der Waals surface area contributed by atoms with Gasteiger partial charge in [0.15, 0.2) is 4.75 Å². The summed E-state index contributed by atoms with van der Waals surface area (Å²) in [4.78, 5) is 28.1. The molecule has 1 N–H and O–H groups in total. The van der Waals surface area contributed by atoms with Crippen LogP contribution in [0.4, 0.5) is 11.4 Å². The fraction of sp³-hybridized carbons (Fsp3) is 0.222. The second-order valence-corrected chi connectivity index (χ2v) is 7.70. The van der Waals surface area contributed by atoms with E-state index >= 15 is 0 Å². The maximum absolute atomic E-state index is 12.9. The van der Waals surface area contributed by atoms with Gasteiger partial charge in [-0.15, -0.1) is 0 Å². The van der Waals surface area contributed by atoms with Crippen LogP contribution in [0.15, 0.2) is 47.4 Å². The molecule has 6 heteroatoms. The van der Waals surface area contributed by atoms with Crippen LogP contribution in [-0.2, 0) is 9.59 Å². The van der Waals surface area contributed by atoms with Gasteiger partial charge >= 0.3 is 0 Å². The third kappa shape index (κ3) is 2.68. The molecule has 0 spiro atoms. The summed E-state index contributed by atoms with van der Waals surface area (Å²) in [7, 11) is 1.69. The van der Waals surface area contributed by atoms with Crippen molar-refractivity contribution in [3.05, 3.63) is 53.1 Å². The van der Waals surface area contributed by atoms with Gasteiger partial charge in [-0.2, -0.15) is 0 Å². The van der Waals surface area contributed by atoms with Crippen molar-refractivity contribution in [3.8, 4) is 0 Å². The summed E-state index contributed by atoms with van der Waals surface area (Å²) in [5.74, 6) is -0.604. The smallest absolute Gasteiger partial charge is 0.252 e. The normalized spacial score (nSPS) is 19.8. The van der Waals surface area contributed by atoms with Gasteiger partial charge in [0.05, 0.1) is 5.69 Å². The molecule has 1 heterocycles. The number of amides is 2. The minimum atomic E-state index is -1.24. The van der Waals surface area contributed by atoms with E-state index in [0.29, 0.717) is 10.7 Å². The number of anilines is 2. The molecule has 2 aromatic rings. The lowest BCUT2D eigenvalue weighted by molar-refractivity contribution is -0.128. The highest BCUT2D eigenvalue weighted by Gasteiger charge is 2.48. The first kappa shape index (κ1) is 16.9. The molecule has 0 radical (unpaired) electrons. The van der Waals surface area contributed by atoms with Crippen LogP contribution in [0, 0.1) is 6.92 Å². The van der Waals surface area contributed by atoms with E-state index in [9.17, 15) is 9.59 Å². The highest BCUT2D eigenvalue weighted by molar-refractivity contribution is 8.02. The standard InChI is InChI=1S/C18H17ClN2O2S/c1-11-12(19)7-6-8-13(11)20-16(22)18(2)17(23)21(3)14-9-4-5-10-15(14)24-18/h4-10H,1-3H3,(H,20,22). The Balaban J connectivity index is 1.94. The summed E-state index contributed by atoms with van der Waals surface area (Å²) in [6.45, 7) is 3.49. The molecule has 2 amide bonds. The fourth-order valence-corrected chi connectivity index (χ4v) is 4.08. The van der Waals surface area contributed by atoms with Crippen molar-refractivity contribution in [1.82, 2.24) is 0 Å². The molecule has 124 valence electrons. The molecule has 0 saturated carbocycles. The van der Waals surface area contributed by atoms with E-state index in [1.807, 2.05) is 31.2 Å². The van der Waals surface area contributed by atoms with Crippen LogP contribution in [0.5, 0.6) is 0 Å². The van der Waals surface area contributed by atoms with Gasteiger partial charge in [-0.25, -0.2) is 0 Å². The molecular formula is C18H17ClN2O2S. The second-order valence-electron chi connectivity index (χ2n) is 5.83. The lowest BCUT2D eigenvalue weighted by atomic mass is 10.1. The van der Waals surface area contributed by atoms with E-state index in [0.717, 1.165) is 16.1 Å². The van der Waals surface area contributed by atoms with Crippen molar-refractivity contribution in [1.29, 1.82) is 0 Å². The third-order valence-corrected chi connectivity index (χ3v) is 5.95. The van der Waals surface area contributed by atoms with Gasteiger partial charge in [-0.05, 0) is 43.7 Å². The number of hydrogen-bond acceptors (Lipinski definition) is 3. The number of para-hydroxylation sites is 1. The molecule has 24 heavy (non-hydrogen) atoms. The second kappa shape index (κ2) is 6.15. The molecule has 1 unspecified atom stereocenters. The first-order valence-corrected chi connectivity index (χ1v) is 8.67. The topological polar surface area (TPSA) is 49.4 Å². The molecule has 1 atom stereocenters. The highest BCUT2D eigenvalue weighted by atomic mass is 35.5. The Morgan fingerprint density at radius 2 is 1.92 bits per heavy atom. The molecular weight excluding hydrogens is 344 g/mol. The van der Waals surface area contributed by atoms with Crippen LogP contribution in [-0.4, -0.2) is 23.6 Å². The number of carbonyl (C=O) groups excluding carboxylic acids is 2. The number of rotatable bonds is 2. The van der Waals surface area contributed by atoms with Crippen molar-refractivity contribution in [2.75, 3.05) is 17.3 Å². The number of benzene rings is 2. The third-order valence-electron chi connectivity index (χ3n) is 4.20. The largest absolute Gasteiger partial charge is 0.324 e. The SMILES string of the molecule is Cc1c(Cl)cccc1NC(=O)C1(C)Sc2ccccc2N(C)C1=O. The first-order chi connectivity index (χ1) is 11.3. The molecule has 1 aliphatic heterocycles. The molecule has 1 aliphatic rings. The Hall–Kier alpha value is -1.98. The van der Waals surface area contributed by atoms with Crippen molar-refractivity contribution < 1.29 is 9.59 Å². The van der Waals surface area contributed by atoms with Crippen molar-refractivity contribution in [3.63, 3.8) is 0 Å². The van der Waals surface area contributed by atoms with Gasteiger partial charge in [-0.3, -0.25) is 9.59 Å². The average molecular weight is 361 g/mol. The van der Waals surface area contributed by atoms with E-state index in [1.165, 1.54) is 16.7 Å². The number of carbonyl (C=O) groups is 2. The van der Waals surface area contributed by atoms with Gasteiger partial charge in [0.2, 0.25) is 5.91 Å². The predicted molar refractivity (Wildman–Crippen MR) is 98.9 cm³/mol. The minimum Gasteiger partial charge on any atom is -0.324 e. The fourth-order valence-electron chi connectivity index (χ4n) is 2.64. The number of hydrogen-bond donors (Lipinski definition) is 1. The van der Waals surface area contributed by atoms with Crippen LogP contribution in [0.1, 0.15) is 12.5 Å². The van der Waals surface area contributed by atoms with Gasteiger partial charge < -0.3 is 10.2 Å². The summed E-state index contributed by atoms with van der Waals surface area (Å²) in [5, 5.41) is 3.42. The van der Waals surface area contributed by atoms with Crippen LogP contribution in [0.25, 0.3) is 0 Å². The summed E-state index contributed by atoms with van der Waals surface area (Å²) in [5.41, 5.74) is 2.21. The average Bonchev–Trinajstić information content (AvgIpc) is 2.57. The maximum atomic E-state index is 12.9. The summed E-state index contributed by atoms with van der Waals surface area (Å²) >= 11 is 7.38. The van der Waals surface area contributed by atoms with E-state index in [1.54, 1.807) is 32.2 Å². The first-order valence-electron chi connectivity index (χ1n) is 7.47. The lowest BCUT2D eigenvalue weighted by Gasteiger charge is -2.37. The van der Waals surface area contributed by atoms with Crippen LogP contribution < -0.4 is 10.2 Å². The molecule has 0 fully saturated rings.